The number of pyridine rings is 1. The topological polar surface area (TPSA) is 85.7 Å². The van der Waals surface area contributed by atoms with Crippen LogP contribution >= 0.6 is 0 Å². The third-order valence-electron chi connectivity index (χ3n) is 3.84. The fourth-order valence-corrected chi connectivity index (χ4v) is 2.50. The fraction of sp³-hybridized carbons (Fsp3) is 0.176. The molecule has 10 heteroatoms. The van der Waals surface area contributed by atoms with Crippen molar-refractivity contribution in [1.29, 1.82) is 0 Å². The van der Waals surface area contributed by atoms with Crippen molar-refractivity contribution < 1.29 is 32.3 Å². The number of halogens is 3. The summed E-state index contributed by atoms with van der Waals surface area (Å²) in [6.07, 6.45) is -4.19. The monoisotopic (exact) mass is 380 g/mol. The van der Waals surface area contributed by atoms with Crippen LogP contribution in [0.25, 0.3) is 0 Å². The number of benzene rings is 1. The molecule has 1 aliphatic heterocycles. The van der Waals surface area contributed by atoms with E-state index in [1.165, 1.54) is 12.1 Å². The second kappa shape index (κ2) is 6.71. The minimum Gasteiger partial charge on any atom is -0.442 e. The number of carbonyl (C=O) groups is 3. The van der Waals surface area contributed by atoms with Gasteiger partial charge in [0.05, 0.1) is 16.7 Å². The summed E-state index contributed by atoms with van der Waals surface area (Å²) in [5.41, 5.74) is -1.61. The van der Waals surface area contributed by atoms with Gasteiger partial charge in [-0.1, -0.05) is 12.1 Å². The molecule has 0 spiro atoms. The lowest BCUT2D eigenvalue weighted by atomic mass is 10.1. The smallest absolute Gasteiger partial charge is 0.417 e. The summed E-state index contributed by atoms with van der Waals surface area (Å²) in [7, 11) is 0. The summed E-state index contributed by atoms with van der Waals surface area (Å²) in [5.74, 6) is -2.38. The number of hydrogen-bond acceptors (Lipinski definition) is 5. The number of ether oxygens (including phenoxy) is 1. The van der Waals surface area contributed by atoms with Gasteiger partial charge in [-0.3, -0.25) is 19.2 Å². The molecular weight excluding hydrogens is 369 g/mol. The molecule has 0 unspecified atom stereocenters. The molecule has 0 atom stereocenters. The van der Waals surface area contributed by atoms with Gasteiger partial charge in [0, 0.05) is 12.3 Å². The number of imide groups is 1. The van der Waals surface area contributed by atoms with Gasteiger partial charge in [-0.2, -0.15) is 13.2 Å². The van der Waals surface area contributed by atoms with Crippen molar-refractivity contribution in [3.63, 3.8) is 0 Å². The van der Waals surface area contributed by atoms with Gasteiger partial charge in [0.1, 0.15) is 6.54 Å². The molecule has 2 amide bonds. The zero-order valence-corrected chi connectivity index (χ0v) is 13.5. The lowest BCUT2D eigenvalue weighted by Crippen LogP contribution is -2.34. The van der Waals surface area contributed by atoms with E-state index in [9.17, 15) is 32.3 Å². The van der Waals surface area contributed by atoms with E-state index in [0.29, 0.717) is 27.8 Å². The first kappa shape index (κ1) is 18.4. The molecule has 1 aliphatic rings. The summed E-state index contributed by atoms with van der Waals surface area (Å²) < 4.78 is 43.4. The van der Waals surface area contributed by atoms with Gasteiger partial charge in [-0.05, 0) is 18.2 Å². The average molecular weight is 380 g/mol. The highest BCUT2D eigenvalue weighted by Gasteiger charge is 2.36. The average Bonchev–Trinajstić information content (AvgIpc) is 2.85. The maximum atomic E-state index is 12.7. The first-order valence-corrected chi connectivity index (χ1v) is 7.57. The van der Waals surface area contributed by atoms with Gasteiger partial charge in [-0.25, -0.2) is 4.90 Å². The van der Waals surface area contributed by atoms with Crippen molar-refractivity contribution in [3.8, 4) is 0 Å². The molecule has 2 aromatic rings. The first-order chi connectivity index (χ1) is 12.7. The maximum absolute atomic E-state index is 12.7. The Morgan fingerprint density at radius 3 is 2.11 bits per heavy atom. The van der Waals surface area contributed by atoms with E-state index in [0.717, 1.165) is 0 Å². The molecule has 7 nitrogen and oxygen atoms in total. The Kier molecular flexibility index (Phi) is 4.56. The second-order valence-corrected chi connectivity index (χ2v) is 5.61. The number of carbonyl (C=O) groups excluding carboxylic acids is 3. The highest BCUT2D eigenvalue weighted by Crippen LogP contribution is 2.28. The summed E-state index contributed by atoms with van der Waals surface area (Å²) in [6.45, 7) is -1.51. The minimum atomic E-state index is -4.68. The molecule has 1 aromatic heterocycles. The number of alkyl halides is 3. The number of rotatable bonds is 4. The number of fused-ring (bicyclic) bond motifs is 1. The van der Waals surface area contributed by atoms with E-state index >= 15 is 0 Å². The standard InChI is InChI=1S/C17H11F3N2O5/c18-17(19,20)10-5-6-13(23)21(7-10)8-14(24)27-9-22-15(25)11-3-1-2-4-12(11)16(22)26/h1-7H,8-9H2. The van der Waals surface area contributed by atoms with Crippen LogP contribution < -0.4 is 5.56 Å². The van der Waals surface area contributed by atoms with Gasteiger partial charge < -0.3 is 9.30 Å². The lowest BCUT2D eigenvalue weighted by molar-refractivity contribution is -0.147. The molecule has 0 bridgehead atoms. The molecule has 0 radical (unpaired) electrons. The Bertz CT molecular complexity index is 962. The molecule has 1 aromatic carbocycles. The molecule has 0 N–H and O–H groups in total. The number of hydrogen-bond donors (Lipinski definition) is 0. The van der Waals surface area contributed by atoms with Crippen LogP contribution in [0.15, 0.2) is 47.4 Å². The molecule has 2 heterocycles. The highest BCUT2D eigenvalue weighted by molar-refractivity contribution is 6.21. The zero-order chi connectivity index (χ0) is 19.8. The summed E-state index contributed by atoms with van der Waals surface area (Å²) in [4.78, 5) is 48.4. The van der Waals surface area contributed by atoms with Crippen molar-refractivity contribution in [1.82, 2.24) is 9.47 Å². The lowest BCUT2D eigenvalue weighted by Gasteiger charge is -2.15. The fourth-order valence-electron chi connectivity index (χ4n) is 2.50. The van der Waals surface area contributed by atoms with Crippen molar-refractivity contribution in [2.45, 2.75) is 12.7 Å². The predicted octanol–water partition coefficient (Wildman–Crippen LogP) is 1.66. The van der Waals surface area contributed by atoms with Crippen LogP contribution in [0.4, 0.5) is 13.2 Å². The van der Waals surface area contributed by atoms with Crippen LogP contribution in [-0.4, -0.2) is 34.0 Å². The van der Waals surface area contributed by atoms with Crippen LogP contribution in [0.1, 0.15) is 26.3 Å². The van der Waals surface area contributed by atoms with E-state index in [1.54, 1.807) is 12.1 Å². The SMILES string of the molecule is O=C(Cn1cc(C(F)(F)F)ccc1=O)OCN1C(=O)c2ccccc2C1=O. The molecule has 0 saturated heterocycles. The first-order valence-electron chi connectivity index (χ1n) is 7.57. The van der Waals surface area contributed by atoms with Crippen molar-refractivity contribution in [3.05, 3.63) is 69.6 Å². The Labute approximate surface area is 149 Å². The third kappa shape index (κ3) is 3.59. The molecular formula is C17H11F3N2O5. The number of nitrogens with zero attached hydrogens (tertiary/aromatic N) is 2. The van der Waals surface area contributed by atoms with Crippen LogP contribution in [0.3, 0.4) is 0 Å². The normalized spacial score (nSPS) is 13.7. The van der Waals surface area contributed by atoms with Gasteiger partial charge >= 0.3 is 12.1 Å². The highest BCUT2D eigenvalue weighted by atomic mass is 19.4. The minimum absolute atomic E-state index is 0.160. The molecule has 27 heavy (non-hydrogen) atoms. The Hall–Kier alpha value is -3.43. The molecule has 0 aliphatic carbocycles. The van der Waals surface area contributed by atoms with Crippen LogP contribution in [-0.2, 0) is 22.3 Å². The molecule has 0 fully saturated rings. The van der Waals surface area contributed by atoms with E-state index in [2.05, 4.69) is 0 Å². The Morgan fingerprint density at radius 1 is 0.963 bits per heavy atom. The van der Waals surface area contributed by atoms with Crippen molar-refractivity contribution in [2.75, 3.05) is 6.73 Å². The summed E-state index contributed by atoms with van der Waals surface area (Å²) in [6, 6.07) is 7.31. The largest absolute Gasteiger partial charge is 0.442 e. The van der Waals surface area contributed by atoms with Crippen molar-refractivity contribution in [2.24, 2.45) is 0 Å². The van der Waals surface area contributed by atoms with Crippen LogP contribution in [0.2, 0.25) is 0 Å². The van der Waals surface area contributed by atoms with Gasteiger partial charge in [-0.15, -0.1) is 0 Å². The van der Waals surface area contributed by atoms with Gasteiger partial charge in [0.25, 0.3) is 17.4 Å². The number of aromatic nitrogens is 1. The van der Waals surface area contributed by atoms with Gasteiger partial charge in [0.15, 0.2) is 6.73 Å². The third-order valence-corrected chi connectivity index (χ3v) is 3.84. The Morgan fingerprint density at radius 2 is 1.56 bits per heavy atom. The van der Waals surface area contributed by atoms with Crippen LogP contribution in [0.5, 0.6) is 0 Å². The van der Waals surface area contributed by atoms with Crippen LogP contribution in [0, 0.1) is 0 Å². The number of amides is 2. The number of esters is 1. The second-order valence-electron chi connectivity index (χ2n) is 5.61. The van der Waals surface area contributed by atoms with E-state index in [4.69, 9.17) is 4.74 Å². The molecule has 0 saturated carbocycles. The quantitative estimate of drug-likeness (QED) is 0.595. The molecule has 3 rings (SSSR count). The summed E-state index contributed by atoms with van der Waals surface area (Å²) in [5, 5.41) is 0. The maximum Gasteiger partial charge on any atom is 0.417 e. The van der Waals surface area contributed by atoms with Gasteiger partial charge in [0.2, 0.25) is 0 Å². The summed E-state index contributed by atoms with van der Waals surface area (Å²) >= 11 is 0. The Balaban J connectivity index is 1.67. The predicted molar refractivity (Wildman–Crippen MR) is 83.6 cm³/mol. The van der Waals surface area contributed by atoms with E-state index in [-0.39, 0.29) is 11.1 Å². The van der Waals surface area contributed by atoms with E-state index in [1.807, 2.05) is 0 Å². The van der Waals surface area contributed by atoms with E-state index < -0.39 is 48.4 Å². The zero-order valence-electron chi connectivity index (χ0n) is 13.5. The molecule has 140 valence electrons. The van der Waals surface area contributed by atoms with Crippen molar-refractivity contribution >= 4 is 17.8 Å².